The van der Waals surface area contributed by atoms with Crippen LogP contribution in [-0.4, -0.2) is 12.5 Å². The summed E-state index contributed by atoms with van der Waals surface area (Å²) in [7, 11) is 0. The molecule has 16 heavy (non-hydrogen) atoms. The molecule has 3 heteroatoms. The Morgan fingerprint density at radius 2 is 2.12 bits per heavy atom. The van der Waals surface area contributed by atoms with Gasteiger partial charge in [0.2, 0.25) is 0 Å². The molecule has 1 amide bonds. The number of carbonyl (C=O) groups excluding carboxylic acids is 1. The summed E-state index contributed by atoms with van der Waals surface area (Å²) >= 11 is 0. The molecule has 3 N–H and O–H groups in total. The number of nitrogens with two attached hydrogens (primary N) is 1. The number of aryl methyl sites for hydroxylation is 1. The van der Waals surface area contributed by atoms with E-state index in [0.29, 0.717) is 23.7 Å². The zero-order chi connectivity index (χ0) is 12.1. The van der Waals surface area contributed by atoms with Gasteiger partial charge in [0.15, 0.2) is 0 Å². The Morgan fingerprint density at radius 1 is 1.44 bits per heavy atom. The number of benzene rings is 1. The van der Waals surface area contributed by atoms with E-state index < -0.39 is 0 Å². The summed E-state index contributed by atoms with van der Waals surface area (Å²) in [6.07, 6.45) is 0.993. The molecule has 0 aliphatic carbocycles. The Kier molecular flexibility index (Phi) is 4.35. The molecule has 0 spiro atoms. The van der Waals surface area contributed by atoms with Crippen LogP contribution in [0.3, 0.4) is 0 Å². The first kappa shape index (κ1) is 12.6. The first-order valence-corrected chi connectivity index (χ1v) is 5.65. The van der Waals surface area contributed by atoms with Gasteiger partial charge in [-0.3, -0.25) is 4.79 Å². The molecule has 0 saturated carbocycles. The molecule has 3 nitrogen and oxygen atoms in total. The van der Waals surface area contributed by atoms with E-state index in [9.17, 15) is 4.79 Å². The molecule has 1 aromatic carbocycles. The average molecular weight is 220 g/mol. The SMILES string of the molecule is Cc1ccc(C(=O)NCCC(C)C)cc1N. The largest absolute Gasteiger partial charge is 0.398 e. The standard InChI is InChI=1S/C13H20N2O/c1-9(2)6-7-15-13(16)11-5-4-10(3)12(14)8-11/h4-5,8-9H,6-7,14H2,1-3H3,(H,15,16). The van der Waals surface area contributed by atoms with E-state index in [4.69, 9.17) is 5.73 Å². The number of nitrogen functional groups attached to an aromatic ring is 1. The zero-order valence-electron chi connectivity index (χ0n) is 10.2. The van der Waals surface area contributed by atoms with Crippen molar-refractivity contribution in [1.82, 2.24) is 5.32 Å². The predicted octanol–water partition coefficient (Wildman–Crippen LogP) is 2.35. The molecule has 0 saturated heterocycles. The molecule has 1 rings (SSSR count). The lowest BCUT2D eigenvalue weighted by atomic mass is 10.1. The molecule has 0 radical (unpaired) electrons. The Hall–Kier alpha value is -1.51. The summed E-state index contributed by atoms with van der Waals surface area (Å²) in [6.45, 7) is 6.91. The van der Waals surface area contributed by atoms with Crippen molar-refractivity contribution in [2.45, 2.75) is 27.2 Å². The van der Waals surface area contributed by atoms with E-state index in [1.165, 1.54) is 0 Å². The monoisotopic (exact) mass is 220 g/mol. The minimum absolute atomic E-state index is 0.0487. The fraction of sp³-hybridized carbons (Fsp3) is 0.462. The number of anilines is 1. The van der Waals surface area contributed by atoms with Crippen LogP contribution in [0.25, 0.3) is 0 Å². The molecule has 0 heterocycles. The van der Waals surface area contributed by atoms with Gasteiger partial charge in [-0.2, -0.15) is 0 Å². The van der Waals surface area contributed by atoms with Crippen LogP contribution in [0.4, 0.5) is 5.69 Å². The molecule has 0 unspecified atom stereocenters. The number of amides is 1. The normalized spacial score (nSPS) is 10.5. The summed E-state index contributed by atoms with van der Waals surface area (Å²) < 4.78 is 0. The van der Waals surface area contributed by atoms with Crippen LogP contribution < -0.4 is 11.1 Å². The van der Waals surface area contributed by atoms with Gasteiger partial charge in [-0.1, -0.05) is 19.9 Å². The summed E-state index contributed by atoms with van der Waals surface area (Å²) in [5.74, 6) is 0.552. The highest BCUT2D eigenvalue weighted by Gasteiger charge is 2.06. The molecular weight excluding hydrogens is 200 g/mol. The summed E-state index contributed by atoms with van der Waals surface area (Å²) in [6, 6.07) is 5.39. The predicted molar refractivity (Wildman–Crippen MR) is 67.4 cm³/mol. The van der Waals surface area contributed by atoms with Gasteiger partial charge in [-0.25, -0.2) is 0 Å². The first-order chi connectivity index (χ1) is 7.50. The number of nitrogens with one attached hydrogen (secondary N) is 1. The summed E-state index contributed by atoms with van der Waals surface area (Å²) in [4.78, 5) is 11.7. The Bertz CT molecular complexity index is 372. The first-order valence-electron chi connectivity index (χ1n) is 5.65. The highest BCUT2D eigenvalue weighted by Crippen LogP contribution is 2.12. The van der Waals surface area contributed by atoms with Gasteiger partial charge in [-0.15, -0.1) is 0 Å². The molecular formula is C13H20N2O. The van der Waals surface area contributed by atoms with Crippen molar-refractivity contribution in [3.8, 4) is 0 Å². The van der Waals surface area contributed by atoms with Crippen molar-refractivity contribution in [1.29, 1.82) is 0 Å². The third-order valence-electron chi connectivity index (χ3n) is 2.55. The third-order valence-corrected chi connectivity index (χ3v) is 2.55. The van der Waals surface area contributed by atoms with Crippen LogP contribution in [0.1, 0.15) is 36.2 Å². The van der Waals surface area contributed by atoms with E-state index in [-0.39, 0.29) is 5.91 Å². The lowest BCUT2D eigenvalue weighted by Crippen LogP contribution is -2.25. The Balaban J connectivity index is 2.56. The van der Waals surface area contributed by atoms with Gasteiger partial charge in [0.1, 0.15) is 0 Å². The number of rotatable bonds is 4. The van der Waals surface area contributed by atoms with Crippen LogP contribution in [0, 0.1) is 12.8 Å². The summed E-state index contributed by atoms with van der Waals surface area (Å²) in [5.41, 5.74) is 8.05. The van der Waals surface area contributed by atoms with Crippen LogP contribution in [0.5, 0.6) is 0 Å². The second kappa shape index (κ2) is 5.54. The van der Waals surface area contributed by atoms with E-state index in [0.717, 1.165) is 12.0 Å². The van der Waals surface area contributed by atoms with Crippen molar-refractivity contribution in [2.75, 3.05) is 12.3 Å². The van der Waals surface area contributed by atoms with Crippen molar-refractivity contribution < 1.29 is 4.79 Å². The maximum absolute atomic E-state index is 11.7. The Morgan fingerprint density at radius 3 is 2.69 bits per heavy atom. The van der Waals surface area contributed by atoms with Gasteiger partial charge in [-0.05, 0) is 37.0 Å². The maximum atomic E-state index is 11.7. The van der Waals surface area contributed by atoms with Gasteiger partial charge >= 0.3 is 0 Å². The number of hydrogen-bond acceptors (Lipinski definition) is 2. The smallest absolute Gasteiger partial charge is 0.251 e. The number of carbonyl (C=O) groups is 1. The van der Waals surface area contributed by atoms with Gasteiger partial charge in [0, 0.05) is 17.8 Å². The lowest BCUT2D eigenvalue weighted by Gasteiger charge is -2.08. The minimum Gasteiger partial charge on any atom is -0.398 e. The van der Waals surface area contributed by atoms with E-state index in [2.05, 4.69) is 19.2 Å². The lowest BCUT2D eigenvalue weighted by molar-refractivity contribution is 0.0952. The molecule has 0 aromatic heterocycles. The fourth-order valence-corrected chi connectivity index (χ4v) is 1.36. The molecule has 0 atom stereocenters. The third kappa shape index (κ3) is 3.57. The Labute approximate surface area is 97.0 Å². The summed E-state index contributed by atoms with van der Waals surface area (Å²) in [5, 5.41) is 2.88. The van der Waals surface area contributed by atoms with E-state index in [1.54, 1.807) is 12.1 Å². The maximum Gasteiger partial charge on any atom is 0.251 e. The molecule has 0 aliphatic rings. The van der Waals surface area contributed by atoms with Gasteiger partial charge < -0.3 is 11.1 Å². The highest BCUT2D eigenvalue weighted by atomic mass is 16.1. The highest BCUT2D eigenvalue weighted by molar-refractivity contribution is 5.95. The van der Waals surface area contributed by atoms with Gasteiger partial charge in [0.25, 0.3) is 5.91 Å². The van der Waals surface area contributed by atoms with Crippen molar-refractivity contribution in [3.63, 3.8) is 0 Å². The van der Waals surface area contributed by atoms with Crippen molar-refractivity contribution in [2.24, 2.45) is 5.92 Å². The average Bonchev–Trinajstić information content (AvgIpc) is 2.21. The van der Waals surface area contributed by atoms with E-state index >= 15 is 0 Å². The van der Waals surface area contributed by atoms with Crippen LogP contribution >= 0.6 is 0 Å². The molecule has 0 fully saturated rings. The molecule has 88 valence electrons. The zero-order valence-corrected chi connectivity index (χ0v) is 10.2. The van der Waals surface area contributed by atoms with Crippen LogP contribution in [0.2, 0.25) is 0 Å². The van der Waals surface area contributed by atoms with Crippen LogP contribution in [0.15, 0.2) is 18.2 Å². The minimum atomic E-state index is -0.0487. The van der Waals surface area contributed by atoms with Gasteiger partial charge in [0.05, 0.1) is 0 Å². The molecule has 0 bridgehead atoms. The molecule has 0 aliphatic heterocycles. The van der Waals surface area contributed by atoms with E-state index in [1.807, 2.05) is 13.0 Å². The van der Waals surface area contributed by atoms with Crippen molar-refractivity contribution >= 4 is 11.6 Å². The second-order valence-electron chi connectivity index (χ2n) is 4.51. The second-order valence-corrected chi connectivity index (χ2v) is 4.51. The quantitative estimate of drug-likeness (QED) is 0.765. The molecule has 1 aromatic rings. The van der Waals surface area contributed by atoms with Crippen LogP contribution in [-0.2, 0) is 0 Å². The fourth-order valence-electron chi connectivity index (χ4n) is 1.36. The van der Waals surface area contributed by atoms with Crippen molar-refractivity contribution in [3.05, 3.63) is 29.3 Å². The topological polar surface area (TPSA) is 55.1 Å². The number of hydrogen-bond donors (Lipinski definition) is 2.